The third kappa shape index (κ3) is 2.66. The average Bonchev–Trinajstić information content (AvgIpc) is 2.08. The molecule has 0 aromatic heterocycles. The van der Waals surface area contributed by atoms with Gasteiger partial charge in [-0.25, -0.2) is 0 Å². The first kappa shape index (κ1) is 13.3. The van der Waals surface area contributed by atoms with E-state index in [1.54, 1.807) is 0 Å². The Morgan fingerprint density at radius 3 is 1.17 bits per heavy atom. The topological polar surface area (TPSA) is 0 Å². The van der Waals surface area contributed by atoms with Crippen molar-refractivity contribution >= 4 is 126 Å². The van der Waals surface area contributed by atoms with Gasteiger partial charge in [0.2, 0.25) is 0 Å². The first-order valence-electron chi connectivity index (χ1n) is 2.67. The minimum Gasteiger partial charge on any atom is -0.141 e. The highest BCUT2D eigenvalue weighted by atomic mass is 127. The normalized spacial score (nSPS) is 10.5. The van der Waals surface area contributed by atoms with Crippen LogP contribution < -0.4 is 0 Å². The van der Waals surface area contributed by atoms with Crippen LogP contribution in [0.5, 0.6) is 0 Å². The molecule has 0 aliphatic carbocycles. The molecule has 0 N–H and O–H groups in total. The van der Waals surface area contributed by atoms with Crippen molar-refractivity contribution in [3.8, 4) is 0 Å². The molecular weight excluding hydrogens is 739 g/mol. The van der Waals surface area contributed by atoms with Gasteiger partial charge in [-0.1, -0.05) is 0 Å². The Balaban J connectivity index is 3.60. The summed E-state index contributed by atoms with van der Waals surface area (Å²) in [5.41, 5.74) is 0. The molecule has 0 bridgehead atoms. The maximum atomic E-state index is 4.47. The van der Waals surface area contributed by atoms with Crippen LogP contribution in [0.3, 0.4) is 0 Å². The van der Waals surface area contributed by atoms with Crippen molar-refractivity contribution in [2.24, 2.45) is 0 Å². The van der Waals surface area contributed by atoms with Gasteiger partial charge >= 0.3 is 0 Å². The van der Waals surface area contributed by atoms with Crippen LogP contribution in [-0.4, -0.2) is 0 Å². The van der Waals surface area contributed by atoms with Crippen molar-refractivity contribution < 1.29 is 0 Å². The molecule has 1 aromatic carbocycles. The first-order valence-corrected chi connectivity index (χ1v) is 8.51. The van der Waals surface area contributed by atoms with Gasteiger partial charge < -0.3 is 0 Å². The van der Waals surface area contributed by atoms with E-state index in [0.717, 1.165) is 4.90 Å². The summed E-state index contributed by atoms with van der Waals surface area (Å²) < 4.78 is 6.46. The van der Waals surface area contributed by atoms with E-state index < -0.39 is 0 Å². The van der Waals surface area contributed by atoms with Crippen LogP contribution >= 0.6 is 126 Å². The molecular formula is C6HI5S. The minimum absolute atomic E-state index is 1.10. The van der Waals surface area contributed by atoms with Crippen LogP contribution in [0.2, 0.25) is 0 Å². The summed E-state index contributed by atoms with van der Waals surface area (Å²) in [6.45, 7) is 0. The molecule has 0 spiro atoms. The van der Waals surface area contributed by atoms with Gasteiger partial charge in [0.25, 0.3) is 0 Å². The molecule has 0 unspecified atom stereocenters. The van der Waals surface area contributed by atoms with Crippen LogP contribution in [0.25, 0.3) is 0 Å². The Morgan fingerprint density at radius 1 is 0.583 bits per heavy atom. The molecule has 0 saturated carbocycles. The van der Waals surface area contributed by atoms with Gasteiger partial charge in [-0.2, -0.15) is 0 Å². The van der Waals surface area contributed by atoms with Crippen LogP contribution in [-0.2, 0) is 0 Å². The van der Waals surface area contributed by atoms with Crippen LogP contribution in [0.1, 0.15) is 0 Å². The standard InChI is InChI=1S/C6HI5S/c7-1-2(8)4(10)6(12)5(11)3(1)9/h12H. The summed E-state index contributed by atoms with van der Waals surface area (Å²) in [5.74, 6) is 0. The van der Waals surface area contributed by atoms with Gasteiger partial charge in [-0.15, -0.1) is 12.6 Å². The van der Waals surface area contributed by atoms with Gasteiger partial charge in [0.05, 0.1) is 0 Å². The summed E-state index contributed by atoms with van der Waals surface area (Å²) in [6.07, 6.45) is 0. The second-order valence-electron chi connectivity index (χ2n) is 1.92. The van der Waals surface area contributed by atoms with E-state index >= 15 is 0 Å². The number of rotatable bonds is 0. The summed E-state index contributed by atoms with van der Waals surface area (Å²) in [4.78, 5) is 1.10. The number of benzene rings is 1. The molecule has 6 heteroatoms. The SMILES string of the molecule is Sc1c(I)c(I)c(I)c(I)c1I. The van der Waals surface area contributed by atoms with Crippen LogP contribution in [0.4, 0.5) is 0 Å². The monoisotopic (exact) mass is 740 g/mol. The third-order valence-electron chi connectivity index (χ3n) is 1.19. The molecule has 0 nitrogen and oxygen atoms in total. The van der Waals surface area contributed by atoms with Crippen molar-refractivity contribution in [3.63, 3.8) is 0 Å². The lowest BCUT2D eigenvalue weighted by Gasteiger charge is -2.08. The van der Waals surface area contributed by atoms with Crippen molar-refractivity contribution in [2.75, 3.05) is 0 Å². The van der Waals surface area contributed by atoms with Crippen molar-refractivity contribution in [3.05, 3.63) is 17.9 Å². The maximum absolute atomic E-state index is 4.47. The Morgan fingerprint density at radius 2 is 0.833 bits per heavy atom. The van der Waals surface area contributed by atoms with E-state index in [-0.39, 0.29) is 0 Å². The van der Waals surface area contributed by atoms with Crippen molar-refractivity contribution in [2.45, 2.75) is 4.90 Å². The molecule has 0 aliphatic heterocycles. The highest BCUT2D eigenvalue weighted by Crippen LogP contribution is 2.35. The van der Waals surface area contributed by atoms with E-state index in [2.05, 4.69) is 126 Å². The molecule has 0 fully saturated rings. The first-order chi connectivity index (χ1) is 5.46. The van der Waals surface area contributed by atoms with Crippen molar-refractivity contribution in [1.29, 1.82) is 0 Å². The van der Waals surface area contributed by atoms with Gasteiger partial charge in [0, 0.05) is 22.7 Å². The molecule has 0 radical (unpaired) electrons. The highest BCUT2D eigenvalue weighted by Gasteiger charge is 2.14. The number of hydrogen-bond donors (Lipinski definition) is 1. The molecule has 12 heavy (non-hydrogen) atoms. The highest BCUT2D eigenvalue weighted by molar-refractivity contribution is 14.1. The van der Waals surface area contributed by atoms with E-state index in [1.807, 2.05) is 0 Å². The quantitative estimate of drug-likeness (QED) is 0.165. The molecule has 0 saturated heterocycles. The van der Waals surface area contributed by atoms with Gasteiger partial charge in [-0.3, -0.25) is 0 Å². The fourth-order valence-corrected chi connectivity index (χ4v) is 6.00. The maximum Gasteiger partial charge on any atom is 0.0420 e. The van der Waals surface area contributed by atoms with E-state index in [9.17, 15) is 0 Å². The summed E-state index contributed by atoms with van der Waals surface area (Å²) in [7, 11) is 0. The predicted octanol–water partition coefficient (Wildman–Crippen LogP) is 5.00. The number of halogens is 5. The van der Waals surface area contributed by atoms with Crippen LogP contribution in [0, 0.1) is 17.9 Å². The fraction of sp³-hybridized carbons (Fsp3) is 0. The Labute approximate surface area is 145 Å². The summed E-state index contributed by atoms with van der Waals surface area (Å²) in [5, 5.41) is 0. The molecule has 1 rings (SSSR count). The minimum atomic E-state index is 1.10. The molecule has 66 valence electrons. The lowest BCUT2D eigenvalue weighted by atomic mass is 10.4. The van der Waals surface area contributed by atoms with Crippen molar-refractivity contribution in [1.82, 2.24) is 0 Å². The van der Waals surface area contributed by atoms with Crippen LogP contribution in [0.15, 0.2) is 4.90 Å². The number of hydrogen-bond acceptors (Lipinski definition) is 1. The Hall–Kier alpha value is 3.22. The lowest BCUT2D eigenvalue weighted by Crippen LogP contribution is -1.96. The van der Waals surface area contributed by atoms with Gasteiger partial charge in [0.1, 0.15) is 0 Å². The zero-order chi connectivity index (χ0) is 9.46. The molecule has 0 heterocycles. The fourth-order valence-electron chi connectivity index (χ4n) is 0.593. The predicted molar refractivity (Wildman–Crippen MR) is 97.3 cm³/mol. The Bertz CT molecular complexity index is 230. The average molecular weight is 740 g/mol. The molecule has 1 aromatic rings. The van der Waals surface area contributed by atoms with Gasteiger partial charge in [-0.05, 0) is 113 Å². The number of thiol groups is 1. The molecule has 0 atom stereocenters. The zero-order valence-electron chi connectivity index (χ0n) is 5.34. The molecule has 0 amide bonds. The zero-order valence-corrected chi connectivity index (χ0v) is 17.0. The second kappa shape index (κ2) is 5.52. The Kier molecular flexibility index (Phi) is 6.11. The van der Waals surface area contributed by atoms with E-state index in [1.165, 1.54) is 17.9 Å². The summed E-state index contributed by atoms with van der Waals surface area (Å²) in [6, 6.07) is 0. The summed E-state index contributed by atoms with van der Waals surface area (Å²) >= 11 is 16.3. The third-order valence-corrected chi connectivity index (χ3v) is 12.0. The van der Waals surface area contributed by atoms with Gasteiger partial charge in [0.15, 0.2) is 0 Å². The smallest absolute Gasteiger partial charge is 0.0420 e. The molecule has 0 aliphatic rings. The lowest BCUT2D eigenvalue weighted by molar-refractivity contribution is 1.28. The van der Waals surface area contributed by atoms with E-state index in [4.69, 9.17) is 0 Å². The van der Waals surface area contributed by atoms with E-state index in [0.29, 0.717) is 0 Å². The largest absolute Gasteiger partial charge is 0.141 e. The second-order valence-corrected chi connectivity index (χ2v) is 7.76.